The number of H-pyrrole nitrogens is 1. The molecule has 3 aromatic carbocycles. The highest BCUT2D eigenvalue weighted by atomic mass is 19.1. The van der Waals surface area contributed by atoms with Crippen LogP contribution >= 0.6 is 0 Å². The lowest BCUT2D eigenvalue weighted by atomic mass is 9.99. The van der Waals surface area contributed by atoms with Crippen molar-refractivity contribution in [1.82, 2.24) is 24.6 Å². The van der Waals surface area contributed by atoms with Gasteiger partial charge in [-0.2, -0.15) is 5.10 Å². The highest BCUT2D eigenvalue weighted by Crippen LogP contribution is 2.36. The molecule has 1 aliphatic heterocycles. The number of hydrogen-bond donors (Lipinski definition) is 2. The first-order valence-corrected chi connectivity index (χ1v) is 12.6. The largest absolute Gasteiger partial charge is 0.379 e. The van der Waals surface area contributed by atoms with Crippen molar-refractivity contribution >= 4 is 10.9 Å². The second-order valence-corrected chi connectivity index (χ2v) is 9.29. The third-order valence-corrected chi connectivity index (χ3v) is 7.04. The fourth-order valence-electron chi connectivity index (χ4n) is 5.04. The monoisotopic (exact) mass is 496 g/mol. The summed E-state index contributed by atoms with van der Waals surface area (Å²) in [6.45, 7) is 5.52. The number of morpholine rings is 1. The van der Waals surface area contributed by atoms with Crippen LogP contribution in [0.4, 0.5) is 4.39 Å². The van der Waals surface area contributed by atoms with Crippen LogP contribution < -0.4 is 5.73 Å². The maximum Gasteiger partial charge on any atom is 0.123 e. The average Bonchev–Trinajstić information content (AvgIpc) is 3.57. The SMILES string of the molecule is NCc1ccccc1-c1n[nH]c2ccc(-c3c(-c4ccc(F)cc4)ncn3CCN3CCOCC3)cc12. The zero-order chi connectivity index (χ0) is 25.2. The Morgan fingerprint density at radius 1 is 0.919 bits per heavy atom. The van der Waals surface area contributed by atoms with E-state index in [2.05, 4.69) is 43.9 Å². The number of nitrogens with two attached hydrogens (primary N) is 1. The zero-order valence-corrected chi connectivity index (χ0v) is 20.5. The second-order valence-electron chi connectivity index (χ2n) is 9.29. The number of rotatable bonds is 7. The molecule has 0 aliphatic carbocycles. The van der Waals surface area contributed by atoms with Crippen LogP contribution in [0.15, 0.2) is 73.1 Å². The van der Waals surface area contributed by atoms with Crippen molar-refractivity contribution in [2.24, 2.45) is 5.73 Å². The molecule has 37 heavy (non-hydrogen) atoms. The molecule has 5 aromatic rings. The first-order valence-electron chi connectivity index (χ1n) is 12.6. The van der Waals surface area contributed by atoms with Gasteiger partial charge in [-0.1, -0.05) is 30.3 Å². The maximum atomic E-state index is 13.7. The van der Waals surface area contributed by atoms with Crippen molar-refractivity contribution in [1.29, 1.82) is 0 Å². The molecule has 0 amide bonds. The molecular formula is C29H29FN6O. The quantitative estimate of drug-likeness (QED) is 0.342. The Hall–Kier alpha value is -3.85. The van der Waals surface area contributed by atoms with E-state index in [9.17, 15) is 4.39 Å². The molecule has 0 radical (unpaired) electrons. The van der Waals surface area contributed by atoms with E-state index < -0.39 is 0 Å². The number of imidazole rings is 1. The second kappa shape index (κ2) is 10.3. The number of nitrogens with one attached hydrogen (secondary N) is 1. The predicted molar refractivity (Wildman–Crippen MR) is 143 cm³/mol. The van der Waals surface area contributed by atoms with E-state index in [4.69, 9.17) is 15.5 Å². The van der Waals surface area contributed by atoms with E-state index >= 15 is 0 Å². The van der Waals surface area contributed by atoms with Gasteiger partial charge in [0.05, 0.1) is 36.4 Å². The lowest BCUT2D eigenvalue weighted by molar-refractivity contribution is 0.0364. The standard InChI is InChI=1S/C29H29FN6O/c30-23-8-5-20(6-9-23)27-29(36(19-32-27)12-11-35-13-15-37-16-14-35)21-7-10-26-25(17-21)28(34-33-26)24-4-2-1-3-22(24)18-31/h1-10,17,19H,11-16,18,31H2,(H,33,34). The lowest BCUT2D eigenvalue weighted by Crippen LogP contribution is -2.38. The minimum absolute atomic E-state index is 0.264. The summed E-state index contributed by atoms with van der Waals surface area (Å²) in [7, 11) is 0. The van der Waals surface area contributed by atoms with Crippen LogP contribution in [0.2, 0.25) is 0 Å². The van der Waals surface area contributed by atoms with Gasteiger partial charge in [0.2, 0.25) is 0 Å². The molecule has 2 aromatic heterocycles. The Balaban J connectivity index is 1.45. The van der Waals surface area contributed by atoms with E-state index in [-0.39, 0.29) is 5.82 Å². The Kier molecular flexibility index (Phi) is 6.53. The number of aromatic nitrogens is 4. The number of aromatic amines is 1. The van der Waals surface area contributed by atoms with Crippen molar-refractivity contribution in [3.8, 4) is 33.8 Å². The summed E-state index contributed by atoms with van der Waals surface area (Å²) in [6.07, 6.45) is 1.89. The lowest BCUT2D eigenvalue weighted by Gasteiger charge is -2.26. The molecule has 7 nitrogen and oxygen atoms in total. The van der Waals surface area contributed by atoms with Crippen LogP contribution in [0.5, 0.6) is 0 Å². The van der Waals surface area contributed by atoms with Crippen molar-refractivity contribution in [2.75, 3.05) is 32.8 Å². The van der Waals surface area contributed by atoms with E-state index in [0.29, 0.717) is 6.54 Å². The number of hydrogen-bond acceptors (Lipinski definition) is 5. The summed E-state index contributed by atoms with van der Waals surface area (Å²) >= 11 is 0. The summed E-state index contributed by atoms with van der Waals surface area (Å²) < 4.78 is 21.4. The molecule has 1 fully saturated rings. The fraction of sp³-hybridized carbons (Fsp3) is 0.241. The molecule has 8 heteroatoms. The van der Waals surface area contributed by atoms with Gasteiger partial charge in [0.15, 0.2) is 0 Å². The topological polar surface area (TPSA) is 85.0 Å². The van der Waals surface area contributed by atoms with Gasteiger partial charge < -0.3 is 15.0 Å². The van der Waals surface area contributed by atoms with Crippen LogP contribution in [-0.2, 0) is 17.8 Å². The summed E-state index contributed by atoms with van der Waals surface area (Å²) in [5, 5.41) is 8.83. The zero-order valence-electron chi connectivity index (χ0n) is 20.5. The number of nitrogens with zero attached hydrogens (tertiary/aromatic N) is 4. The molecule has 0 unspecified atom stereocenters. The molecule has 0 atom stereocenters. The van der Waals surface area contributed by atoms with Crippen LogP contribution in [-0.4, -0.2) is 57.5 Å². The van der Waals surface area contributed by atoms with Gasteiger partial charge in [-0.3, -0.25) is 10.00 Å². The first-order chi connectivity index (χ1) is 18.2. The average molecular weight is 497 g/mol. The number of halogens is 1. The Morgan fingerprint density at radius 3 is 2.51 bits per heavy atom. The Labute approximate surface area is 214 Å². The van der Waals surface area contributed by atoms with Crippen molar-refractivity contribution < 1.29 is 9.13 Å². The summed E-state index contributed by atoms with van der Waals surface area (Å²) in [6, 6.07) is 20.9. The van der Waals surface area contributed by atoms with Gasteiger partial charge in [-0.25, -0.2) is 9.37 Å². The van der Waals surface area contributed by atoms with Crippen LogP contribution in [0.3, 0.4) is 0 Å². The minimum atomic E-state index is -0.264. The van der Waals surface area contributed by atoms with Gasteiger partial charge >= 0.3 is 0 Å². The van der Waals surface area contributed by atoms with Crippen molar-refractivity contribution in [3.05, 3.63) is 84.4 Å². The normalized spacial score (nSPS) is 14.4. The van der Waals surface area contributed by atoms with Gasteiger partial charge in [0, 0.05) is 54.8 Å². The third kappa shape index (κ3) is 4.67. The van der Waals surface area contributed by atoms with Gasteiger partial charge in [0.1, 0.15) is 11.5 Å². The molecule has 0 saturated carbocycles. The van der Waals surface area contributed by atoms with E-state index in [0.717, 1.165) is 89.6 Å². The van der Waals surface area contributed by atoms with E-state index in [1.54, 1.807) is 12.1 Å². The number of benzene rings is 3. The summed E-state index contributed by atoms with van der Waals surface area (Å²) in [4.78, 5) is 7.20. The van der Waals surface area contributed by atoms with Crippen molar-refractivity contribution in [3.63, 3.8) is 0 Å². The Bertz CT molecular complexity index is 1520. The molecule has 3 heterocycles. The number of ether oxygens (including phenoxy) is 1. The van der Waals surface area contributed by atoms with Crippen molar-refractivity contribution in [2.45, 2.75) is 13.1 Å². The summed E-state index contributed by atoms with van der Waals surface area (Å²) in [5.41, 5.74) is 13.7. The van der Waals surface area contributed by atoms with Crippen LogP contribution in [0.25, 0.3) is 44.7 Å². The van der Waals surface area contributed by atoms with E-state index in [1.807, 2.05) is 24.5 Å². The molecular weight excluding hydrogens is 467 g/mol. The molecule has 3 N–H and O–H groups in total. The molecule has 188 valence electrons. The van der Waals surface area contributed by atoms with E-state index in [1.165, 1.54) is 12.1 Å². The highest BCUT2D eigenvalue weighted by molar-refractivity contribution is 5.97. The fourth-order valence-corrected chi connectivity index (χ4v) is 5.04. The first kappa shape index (κ1) is 23.5. The highest BCUT2D eigenvalue weighted by Gasteiger charge is 2.19. The van der Waals surface area contributed by atoms with Gasteiger partial charge in [-0.05, 0) is 42.0 Å². The maximum absolute atomic E-state index is 13.7. The smallest absolute Gasteiger partial charge is 0.123 e. The molecule has 6 rings (SSSR count). The van der Waals surface area contributed by atoms with Gasteiger partial charge in [-0.15, -0.1) is 0 Å². The summed E-state index contributed by atoms with van der Waals surface area (Å²) in [5.74, 6) is -0.264. The molecule has 1 aliphatic rings. The number of fused-ring (bicyclic) bond motifs is 1. The Morgan fingerprint density at radius 2 is 1.70 bits per heavy atom. The van der Waals surface area contributed by atoms with Crippen LogP contribution in [0.1, 0.15) is 5.56 Å². The molecule has 0 bridgehead atoms. The van der Waals surface area contributed by atoms with Gasteiger partial charge in [0.25, 0.3) is 0 Å². The predicted octanol–water partition coefficient (Wildman–Crippen LogP) is 4.69. The molecule has 0 spiro atoms. The minimum Gasteiger partial charge on any atom is -0.379 e. The molecule has 1 saturated heterocycles. The third-order valence-electron chi connectivity index (χ3n) is 7.04. The van der Waals surface area contributed by atoms with Crippen LogP contribution in [0, 0.1) is 5.82 Å².